The summed E-state index contributed by atoms with van der Waals surface area (Å²) in [6.45, 7) is 8.83. The van der Waals surface area contributed by atoms with Crippen molar-refractivity contribution in [3.05, 3.63) is 29.8 Å². The number of thiocarbonyl (C=S) groups is 1. The van der Waals surface area contributed by atoms with Crippen LogP contribution in [0.15, 0.2) is 24.3 Å². The predicted molar refractivity (Wildman–Crippen MR) is 74.9 cm³/mol. The van der Waals surface area contributed by atoms with E-state index in [1.54, 1.807) is 0 Å². The molecule has 2 nitrogen and oxygen atoms in total. The van der Waals surface area contributed by atoms with E-state index >= 15 is 0 Å². The molecule has 1 rings (SSSR count). The Morgan fingerprint density at radius 2 is 1.75 bits per heavy atom. The Balaban J connectivity index is 2.73. The summed E-state index contributed by atoms with van der Waals surface area (Å²) in [6.07, 6.45) is 0. The van der Waals surface area contributed by atoms with Crippen LogP contribution >= 0.6 is 12.2 Å². The minimum absolute atomic E-state index is 0.238. The van der Waals surface area contributed by atoms with Crippen LogP contribution in [0, 0.1) is 5.41 Å². The molecule has 0 aliphatic carbocycles. The molecule has 1 aromatic carbocycles. The second-order valence-corrected chi connectivity index (χ2v) is 5.61. The highest BCUT2D eigenvalue weighted by Crippen LogP contribution is 2.22. The first-order valence-electron chi connectivity index (χ1n) is 5.47. The van der Waals surface area contributed by atoms with Gasteiger partial charge in [-0.15, -0.1) is 0 Å². The smallest absolute Gasteiger partial charge is 0.103 e. The molecular formula is C13H20N2S. The third kappa shape index (κ3) is 3.49. The Morgan fingerprint density at radius 3 is 2.12 bits per heavy atom. The topological polar surface area (TPSA) is 38.0 Å². The van der Waals surface area contributed by atoms with Crippen LogP contribution in [0.25, 0.3) is 0 Å². The van der Waals surface area contributed by atoms with Crippen molar-refractivity contribution >= 4 is 22.9 Å². The second kappa shape index (κ2) is 4.83. The number of hydrogen-bond acceptors (Lipinski definition) is 2. The van der Waals surface area contributed by atoms with Gasteiger partial charge in [-0.1, -0.05) is 33.0 Å². The summed E-state index contributed by atoms with van der Waals surface area (Å²) in [6, 6.07) is 8.32. The zero-order chi connectivity index (χ0) is 12.3. The molecule has 0 spiro atoms. The number of nitrogens with two attached hydrogens (primary N) is 1. The van der Waals surface area contributed by atoms with Crippen molar-refractivity contribution in [3.63, 3.8) is 0 Å². The molecule has 0 fully saturated rings. The lowest BCUT2D eigenvalue weighted by Gasteiger charge is -2.29. The molecule has 1 atom stereocenters. The normalized spacial score (nSPS) is 13.2. The van der Waals surface area contributed by atoms with Crippen LogP contribution in [0.1, 0.15) is 33.3 Å². The Hall–Kier alpha value is -1.09. The van der Waals surface area contributed by atoms with Gasteiger partial charge in [-0.25, -0.2) is 0 Å². The fourth-order valence-electron chi connectivity index (χ4n) is 1.20. The average molecular weight is 236 g/mol. The molecule has 0 radical (unpaired) electrons. The van der Waals surface area contributed by atoms with Crippen molar-refractivity contribution in [2.24, 2.45) is 11.1 Å². The van der Waals surface area contributed by atoms with E-state index in [2.05, 4.69) is 33.0 Å². The van der Waals surface area contributed by atoms with Crippen LogP contribution in [0.5, 0.6) is 0 Å². The van der Waals surface area contributed by atoms with E-state index in [0.29, 0.717) is 11.0 Å². The number of nitrogens with one attached hydrogen (secondary N) is 1. The number of hydrogen-bond donors (Lipinski definition) is 2. The van der Waals surface area contributed by atoms with Crippen molar-refractivity contribution in [3.8, 4) is 0 Å². The first kappa shape index (κ1) is 13.0. The van der Waals surface area contributed by atoms with E-state index in [4.69, 9.17) is 18.0 Å². The first-order chi connectivity index (χ1) is 7.30. The largest absolute Gasteiger partial charge is 0.389 e. The van der Waals surface area contributed by atoms with Crippen LogP contribution in [0.2, 0.25) is 0 Å². The van der Waals surface area contributed by atoms with Crippen molar-refractivity contribution in [1.29, 1.82) is 0 Å². The lowest BCUT2D eigenvalue weighted by atomic mass is 9.88. The molecule has 3 heteroatoms. The molecule has 88 valence electrons. The number of benzene rings is 1. The summed E-state index contributed by atoms with van der Waals surface area (Å²) in [4.78, 5) is 0.440. The highest BCUT2D eigenvalue weighted by Gasteiger charge is 2.19. The van der Waals surface area contributed by atoms with Crippen LogP contribution in [-0.2, 0) is 0 Å². The van der Waals surface area contributed by atoms with Gasteiger partial charge in [-0.2, -0.15) is 0 Å². The molecule has 16 heavy (non-hydrogen) atoms. The fourth-order valence-corrected chi connectivity index (χ4v) is 1.33. The van der Waals surface area contributed by atoms with Crippen LogP contribution < -0.4 is 11.1 Å². The highest BCUT2D eigenvalue weighted by atomic mass is 32.1. The van der Waals surface area contributed by atoms with E-state index in [1.807, 2.05) is 24.3 Å². The Labute approximate surface area is 103 Å². The molecular weight excluding hydrogens is 216 g/mol. The highest BCUT2D eigenvalue weighted by molar-refractivity contribution is 7.80. The minimum Gasteiger partial charge on any atom is -0.389 e. The Morgan fingerprint density at radius 1 is 1.25 bits per heavy atom. The molecule has 0 aliphatic rings. The predicted octanol–water partition coefficient (Wildman–Crippen LogP) is 3.17. The van der Waals surface area contributed by atoms with E-state index < -0.39 is 0 Å². The maximum atomic E-state index is 5.55. The third-order valence-corrected chi connectivity index (χ3v) is 3.09. The standard InChI is InChI=1S/C13H20N2S/c1-9(13(2,3)4)15-11-7-5-10(6-8-11)12(14)16/h5-9,15H,1-4H3,(H2,14,16). The van der Waals surface area contributed by atoms with Gasteiger partial charge >= 0.3 is 0 Å². The quantitative estimate of drug-likeness (QED) is 0.792. The SMILES string of the molecule is CC(Nc1ccc(C(N)=S)cc1)C(C)(C)C. The molecule has 0 aromatic heterocycles. The zero-order valence-corrected chi connectivity index (χ0v) is 11.2. The summed E-state index contributed by atoms with van der Waals surface area (Å²) in [5.41, 5.74) is 7.79. The summed E-state index contributed by atoms with van der Waals surface area (Å²) in [5.74, 6) is 0. The Kier molecular flexibility index (Phi) is 3.92. The zero-order valence-electron chi connectivity index (χ0n) is 10.4. The van der Waals surface area contributed by atoms with Gasteiger partial charge in [0, 0.05) is 17.3 Å². The summed E-state index contributed by atoms with van der Waals surface area (Å²) in [7, 11) is 0. The fraction of sp³-hybridized carbons (Fsp3) is 0.462. The summed E-state index contributed by atoms with van der Waals surface area (Å²) in [5, 5.41) is 3.46. The van der Waals surface area contributed by atoms with Crippen LogP contribution in [0.3, 0.4) is 0 Å². The lowest BCUT2D eigenvalue weighted by molar-refractivity contribution is 0.359. The van der Waals surface area contributed by atoms with Gasteiger partial charge < -0.3 is 11.1 Å². The van der Waals surface area contributed by atoms with Crippen LogP contribution in [-0.4, -0.2) is 11.0 Å². The number of anilines is 1. The molecule has 1 unspecified atom stereocenters. The maximum absolute atomic E-state index is 5.55. The van der Waals surface area contributed by atoms with E-state index in [1.165, 1.54) is 0 Å². The molecule has 0 saturated carbocycles. The lowest BCUT2D eigenvalue weighted by Crippen LogP contribution is -2.30. The van der Waals surface area contributed by atoms with Gasteiger partial charge in [0.2, 0.25) is 0 Å². The second-order valence-electron chi connectivity index (χ2n) is 5.17. The minimum atomic E-state index is 0.238. The molecule has 0 bridgehead atoms. The van der Waals surface area contributed by atoms with Crippen molar-refractivity contribution in [2.75, 3.05) is 5.32 Å². The molecule has 3 N–H and O–H groups in total. The molecule has 0 amide bonds. The van der Waals surface area contributed by atoms with Gasteiger partial charge in [0.05, 0.1) is 0 Å². The monoisotopic (exact) mass is 236 g/mol. The van der Waals surface area contributed by atoms with E-state index in [0.717, 1.165) is 11.3 Å². The van der Waals surface area contributed by atoms with Gasteiger partial charge in [0.15, 0.2) is 0 Å². The molecule has 0 aliphatic heterocycles. The van der Waals surface area contributed by atoms with Crippen molar-refractivity contribution < 1.29 is 0 Å². The maximum Gasteiger partial charge on any atom is 0.103 e. The van der Waals surface area contributed by atoms with Gasteiger partial charge in [0.1, 0.15) is 4.99 Å². The van der Waals surface area contributed by atoms with Gasteiger partial charge in [-0.05, 0) is 36.6 Å². The van der Waals surface area contributed by atoms with Gasteiger partial charge in [-0.3, -0.25) is 0 Å². The average Bonchev–Trinajstić information content (AvgIpc) is 2.17. The first-order valence-corrected chi connectivity index (χ1v) is 5.88. The van der Waals surface area contributed by atoms with Crippen LogP contribution in [0.4, 0.5) is 5.69 Å². The Bertz CT molecular complexity index is 363. The van der Waals surface area contributed by atoms with Crippen molar-refractivity contribution in [1.82, 2.24) is 0 Å². The number of rotatable bonds is 3. The van der Waals surface area contributed by atoms with Gasteiger partial charge in [0.25, 0.3) is 0 Å². The molecule has 0 heterocycles. The van der Waals surface area contributed by atoms with Crippen molar-refractivity contribution in [2.45, 2.75) is 33.7 Å². The van der Waals surface area contributed by atoms with E-state index in [9.17, 15) is 0 Å². The molecule has 0 saturated heterocycles. The summed E-state index contributed by atoms with van der Waals surface area (Å²) >= 11 is 4.91. The third-order valence-electron chi connectivity index (χ3n) is 2.85. The van der Waals surface area contributed by atoms with E-state index in [-0.39, 0.29) is 5.41 Å². The molecule has 1 aromatic rings. The summed E-state index contributed by atoms with van der Waals surface area (Å²) < 4.78 is 0.